The van der Waals surface area contributed by atoms with Crippen molar-refractivity contribution < 1.29 is 14.3 Å². The van der Waals surface area contributed by atoms with Crippen LogP contribution in [0.15, 0.2) is 17.1 Å². The van der Waals surface area contributed by atoms with Crippen molar-refractivity contribution in [2.75, 3.05) is 18.0 Å². The molecule has 2 aromatic rings. The predicted octanol–water partition coefficient (Wildman–Crippen LogP) is 1.53. The summed E-state index contributed by atoms with van der Waals surface area (Å²) in [5.74, 6) is -0.857. The van der Waals surface area contributed by atoms with Gasteiger partial charge in [0.2, 0.25) is 5.43 Å². The molecule has 1 aliphatic heterocycles. The van der Waals surface area contributed by atoms with Crippen LogP contribution in [-0.2, 0) is 5.54 Å². The van der Waals surface area contributed by atoms with Crippen molar-refractivity contribution in [3.63, 3.8) is 0 Å². The summed E-state index contributed by atoms with van der Waals surface area (Å²) in [7, 11) is 0. The van der Waals surface area contributed by atoms with Crippen LogP contribution in [0.1, 0.15) is 36.5 Å². The van der Waals surface area contributed by atoms with Crippen molar-refractivity contribution in [2.24, 2.45) is 17.6 Å². The number of fused-ring (bicyclic) bond motifs is 1. The largest absolute Gasteiger partial charge is 0.477 e. The van der Waals surface area contributed by atoms with E-state index in [-0.39, 0.29) is 34.3 Å². The maximum Gasteiger partial charge on any atom is 0.341 e. The van der Waals surface area contributed by atoms with Crippen molar-refractivity contribution in [3.8, 4) is 0 Å². The number of nitrogens with zero attached hydrogens (tertiary/aromatic N) is 3. The van der Waals surface area contributed by atoms with Gasteiger partial charge in [0.05, 0.1) is 5.39 Å². The Hall–Kier alpha value is -2.48. The molecule has 3 saturated carbocycles. The highest BCUT2D eigenvalue weighted by atomic mass is 19.1. The average molecular weight is 372 g/mol. The van der Waals surface area contributed by atoms with E-state index in [1.54, 1.807) is 0 Å². The molecule has 2 atom stereocenters. The lowest BCUT2D eigenvalue weighted by Crippen LogP contribution is -2.59. The quantitative estimate of drug-likeness (QED) is 0.847. The number of halogens is 1. The van der Waals surface area contributed by atoms with E-state index in [0.717, 1.165) is 25.3 Å². The smallest absolute Gasteiger partial charge is 0.341 e. The van der Waals surface area contributed by atoms with E-state index < -0.39 is 17.2 Å². The van der Waals surface area contributed by atoms with E-state index in [0.29, 0.717) is 24.7 Å². The Bertz CT molecular complexity index is 1020. The summed E-state index contributed by atoms with van der Waals surface area (Å²) in [5.41, 5.74) is 5.23. The van der Waals surface area contributed by atoms with E-state index in [9.17, 15) is 19.1 Å². The highest BCUT2D eigenvalue weighted by Gasteiger charge is 2.58. The number of carboxylic acid groups (broad SMARTS) is 1. The van der Waals surface area contributed by atoms with Crippen molar-refractivity contribution in [2.45, 2.75) is 37.8 Å². The second-order valence-electron chi connectivity index (χ2n) is 8.46. The predicted molar refractivity (Wildman–Crippen MR) is 97.6 cm³/mol. The first-order valence-electron chi connectivity index (χ1n) is 9.29. The monoisotopic (exact) mass is 372 g/mol. The van der Waals surface area contributed by atoms with Gasteiger partial charge in [-0.25, -0.2) is 14.2 Å². The first-order valence-corrected chi connectivity index (χ1v) is 9.29. The molecule has 2 unspecified atom stereocenters. The van der Waals surface area contributed by atoms with E-state index >= 15 is 0 Å². The second-order valence-corrected chi connectivity index (χ2v) is 8.46. The van der Waals surface area contributed by atoms with Crippen LogP contribution in [0.25, 0.3) is 11.0 Å². The van der Waals surface area contributed by atoms with Gasteiger partial charge in [0.25, 0.3) is 0 Å². The molecule has 142 valence electrons. The van der Waals surface area contributed by atoms with Crippen LogP contribution >= 0.6 is 0 Å². The fraction of sp³-hybridized carbons (Fsp3) is 0.526. The van der Waals surface area contributed by atoms with Gasteiger partial charge in [-0.1, -0.05) is 6.92 Å². The molecule has 4 aliphatic rings. The zero-order valence-electron chi connectivity index (χ0n) is 15.0. The van der Waals surface area contributed by atoms with Crippen molar-refractivity contribution in [3.05, 3.63) is 33.9 Å². The molecule has 0 aromatic carbocycles. The molecule has 3 N–H and O–H groups in total. The lowest BCUT2D eigenvalue weighted by molar-refractivity contribution is -0.0864. The summed E-state index contributed by atoms with van der Waals surface area (Å²) >= 11 is 0. The Morgan fingerprint density at radius 3 is 2.59 bits per heavy atom. The number of carbonyl (C=O) groups is 1. The Morgan fingerprint density at radius 2 is 2.07 bits per heavy atom. The number of nitrogens with two attached hydrogens (primary N) is 1. The molecule has 2 aromatic heterocycles. The molecule has 2 bridgehead atoms. The van der Waals surface area contributed by atoms with Gasteiger partial charge in [-0.3, -0.25) is 4.79 Å². The zero-order valence-corrected chi connectivity index (χ0v) is 15.0. The third-order valence-corrected chi connectivity index (χ3v) is 6.63. The Morgan fingerprint density at radius 1 is 1.37 bits per heavy atom. The van der Waals surface area contributed by atoms with Crippen LogP contribution in [0.3, 0.4) is 0 Å². The third kappa shape index (κ3) is 2.19. The Balaban J connectivity index is 1.74. The van der Waals surface area contributed by atoms with Gasteiger partial charge in [0.15, 0.2) is 11.6 Å². The number of anilines is 1. The van der Waals surface area contributed by atoms with Crippen molar-refractivity contribution in [1.29, 1.82) is 0 Å². The number of hydrogen-bond acceptors (Lipinski definition) is 5. The van der Waals surface area contributed by atoms with Gasteiger partial charge < -0.3 is 20.3 Å². The first-order chi connectivity index (χ1) is 12.8. The Kier molecular flexibility index (Phi) is 3.26. The minimum Gasteiger partial charge on any atom is -0.477 e. The summed E-state index contributed by atoms with van der Waals surface area (Å²) in [4.78, 5) is 30.5. The fourth-order valence-electron chi connectivity index (χ4n) is 4.84. The number of aromatic carboxylic acids is 1. The standard InChI is InChI=1S/C19H21FN4O3/c1-9-6-23(8-14(9)21)17-13(20)2-11-15(25)12(18(26)27)7-24(16(11)22-17)19-3-10(4-19)5-19/h2,7,9-10,14H,3-6,8,21H2,1H3,(H,26,27). The SMILES string of the molecule is CC1CN(c2nc3c(cc2F)c(=O)c(C(=O)O)cn3C23CC(C2)C3)CC1N. The summed E-state index contributed by atoms with van der Waals surface area (Å²) in [6.07, 6.45) is 4.24. The van der Waals surface area contributed by atoms with E-state index in [1.165, 1.54) is 6.20 Å². The van der Waals surface area contributed by atoms with Crippen LogP contribution in [0, 0.1) is 17.7 Å². The van der Waals surface area contributed by atoms with Gasteiger partial charge in [-0.2, -0.15) is 0 Å². The molecule has 8 heteroatoms. The maximum atomic E-state index is 14.8. The first kappa shape index (κ1) is 16.7. The van der Waals surface area contributed by atoms with Crippen LogP contribution in [0.4, 0.5) is 10.2 Å². The van der Waals surface area contributed by atoms with Crippen LogP contribution in [0.2, 0.25) is 0 Å². The Labute approximate surface area is 154 Å². The average Bonchev–Trinajstić information content (AvgIpc) is 2.85. The van der Waals surface area contributed by atoms with Crippen LogP contribution in [-0.4, -0.2) is 39.8 Å². The molecule has 3 aliphatic carbocycles. The van der Waals surface area contributed by atoms with Gasteiger partial charge >= 0.3 is 5.97 Å². The molecule has 0 radical (unpaired) electrons. The maximum absolute atomic E-state index is 14.8. The van der Waals surface area contributed by atoms with E-state index in [1.807, 2.05) is 16.4 Å². The molecule has 0 spiro atoms. The number of pyridine rings is 2. The molecule has 4 fully saturated rings. The molecule has 3 heterocycles. The molecule has 1 saturated heterocycles. The zero-order chi connectivity index (χ0) is 19.1. The van der Waals surface area contributed by atoms with Crippen molar-refractivity contribution >= 4 is 22.8 Å². The summed E-state index contributed by atoms with van der Waals surface area (Å²) in [6.45, 7) is 3.11. The van der Waals surface area contributed by atoms with E-state index in [4.69, 9.17) is 5.73 Å². The lowest BCUT2D eigenvalue weighted by Gasteiger charge is -2.62. The minimum atomic E-state index is -1.30. The van der Waals surface area contributed by atoms with Gasteiger partial charge in [0, 0.05) is 30.9 Å². The number of hydrogen-bond donors (Lipinski definition) is 2. The normalized spacial score (nSPS) is 31.7. The van der Waals surface area contributed by atoms with Crippen LogP contribution < -0.4 is 16.1 Å². The minimum absolute atomic E-state index is 0.0254. The molecule has 6 rings (SSSR count). The fourth-order valence-corrected chi connectivity index (χ4v) is 4.84. The lowest BCUT2D eigenvalue weighted by atomic mass is 9.49. The molecule has 27 heavy (non-hydrogen) atoms. The summed E-state index contributed by atoms with van der Waals surface area (Å²) < 4.78 is 16.6. The van der Waals surface area contributed by atoms with Gasteiger partial charge in [0.1, 0.15) is 11.2 Å². The number of rotatable bonds is 3. The third-order valence-electron chi connectivity index (χ3n) is 6.63. The number of carboxylic acids is 1. The van der Waals surface area contributed by atoms with Gasteiger partial charge in [-0.15, -0.1) is 0 Å². The highest BCUT2D eigenvalue weighted by Crippen LogP contribution is 2.62. The van der Waals surface area contributed by atoms with Crippen molar-refractivity contribution in [1.82, 2.24) is 9.55 Å². The molecule has 7 nitrogen and oxygen atoms in total. The highest BCUT2D eigenvalue weighted by molar-refractivity contribution is 5.92. The number of aromatic nitrogens is 2. The van der Waals surface area contributed by atoms with E-state index in [2.05, 4.69) is 4.98 Å². The molecule has 0 amide bonds. The second kappa shape index (κ2) is 5.28. The summed E-state index contributed by atoms with van der Waals surface area (Å²) in [6, 6.07) is 1.08. The molecular formula is C19H21FN4O3. The van der Waals surface area contributed by atoms with Gasteiger partial charge in [-0.05, 0) is 37.2 Å². The van der Waals surface area contributed by atoms with Crippen LogP contribution in [0.5, 0.6) is 0 Å². The topological polar surface area (TPSA) is 101 Å². The summed E-state index contributed by atoms with van der Waals surface area (Å²) in [5, 5.41) is 9.45. The molecular weight excluding hydrogens is 351 g/mol.